The minimum absolute atomic E-state index is 0.0960. The van der Waals surface area contributed by atoms with Crippen molar-refractivity contribution in [3.8, 4) is 0 Å². The lowest BCUT2D eigenvalue weighted by Gasteiger charge is -2.17. The molecule has 1 aromatic carbocycles. The molecular weight excluding hydrogens is 212 g/mol. The van der Waals surface area contributed by atoms with Crippen LogP contribution in [0.2, 0.25) is 0 Å². The molecule has 0 aliphatic heterocycles. The molecule has 0 radical (unpaired) electrons. The third kappa shape index (κ3) is 3.58. The fraction of sp³-hybridized carbons (Fsp3) is 0.533. The maximum absolute atomic E-state index is 11.9. The summed E-state index contributed by atoms with van der Waals surface area (Å²) < 4.78 is 5.16. The van der Waals surface area contributed by atoms with Gasteiger partial charge in [-0.1, -0.05) is 37.1 Å². The van der Waals surface area contributed by atoms with Crippen molar-refractivity contribution in [2.45, 2.75) is 46.5 Å². The molecule has 0 bridgehead atoms. The van der Waals surface area contributed by atoms with E-state index in [4.69, 9.17) is 4.74 Å². The second kappa shape index (κ2) is 6.43. The first-order valence-electron chi connectivity index (χ1n) is 6.33. The summed E-state index contributed by atoms with van der Waals surface area (Å²) in [6.45, 7) is 8.52. The van der Waals surface area contributed by atoms with Crippen LogP contribution < -0.4 is 0 Å². The third-order valence-corrected chi connectivity index (χ3v) is 2.95. The Labute approximate surface area is 104 Å². The zero-order valence-corrected chi connectivity index (χ0v) is 11.2. The number of rotatable bonds is 5. The average Bonchev–Trinajstić information content (AvgIpc) is 2.27. The van der Waals surface area contributed by atoms with Gasteiger partial charge in [0.25, 0.3) is 0 Å². The maximum atomic E-state index is 11.9. The van der Waals surface area contributed by atoms with Gasteiger partial charge in [-0.15, -0.1) is 0 Å². The summed E-state index contributed by atoms with van der Waals surface area (Å²) in [7, 11) is 0. The minimum atomic E-state index is -0.111. The van der Waals surface area contributed by atoms with Gasteiger partial charge in [-0.25, -0.2) is 0 Å². The number of aryl methyl sites for hydroxylation is 2. The molecule has 0 aliphatic rings. The number of ether oxygens (including phenoxy) is 1. The Hall–Kier alpha value is -1.31. The Morgan fingerprint density at radius 2 is 2.00 bits per heavy atom. The van der Waals surface area contributed by atoms with Crippen molar-refractivity contribution in [2.75, 3.05) is 6.61 Å². The Morgan fingerprint density at radius 1 is 1.29 bits per heavy atom. The molecule has 1 rings (SSSR count). The number of esters is 1. The van der Waals surface area contributed by atoms with Crippen LogP contribution in [0.5, 0.6) is 0 Å². The van der Waals surface area contributed by atoms with Crippen molar-refractivity contribution in [1.29, 1.82) is 0 Å². The summed E-state index contributed by atoms with van der Waals surface area (Å²) in [5, 5.41) is 0. The van der Waals surface area contributed by atoms with Crippen molar-refractivity contribution in [3.05, 3.63) is 34.9 Å². The van der Waals surface area contributed by atoms with Crippen molar-refractivity contribution < 1.29 is 9.53 Å². The molecule has 1 atom stereocenters. The Balaban J connectivity index is 3.00. The fourth-order valence-corrected chi connectivity index (χ4v) is 2.15. The van der Waals surface area contributed by atoms with Gasteiger partial charge in [0.05, 0.1) is 12.5 Å². The number of hydrogen-bond donors (Lipinski definition) is 0. The zero-order valence-electron chi connectivity index (χ0n) is 11.2. The lowest BCUT2D eigenvalue weighted by molar-refractivity contribution is -0.145. The van der Waals surface area contributed by atoms with Crippen molar-refractivity contribution in [3.63, 3.8) is 0 Å². The third-order valence-electron chi connectivity index (χ3n) is 2.95. The summed E-state index contributed by atoms with van der Waals surface area (Å²) in [4.78, 5) is 11.9. The van der Waals surface area contributed by atoms with Gasteiger partial charge in [0.15, 0.2) is 0 Å². The van der Waals surface area contributed by atoms with Gasteiger partial charge in [0.1, 0.15) is 0 Å². The first-order chi connectivity index (χ1) is 8.10. The zero-order chi connectivity index (χ0) is 12.8. The van der Waals surface area contributed by atoms with Crippen LogP contribution in [0.3, 0.4) is 0 Å². The van der Waals surface area contributed by atoms with Crippen LogP contribution in [0.4, 0.5) is 0 Å². The normalized spacial score (nSPS) is 12.2. The summed E-state index contributed by atoms with van der Waals surface area (Å²) >= 11 is 0. The quantitative estimate of drug-likeness (QED) is 0.725. The van der Waals surface area contributed by atoms with Crippen LogP contribution >= 0.6 is 0 Å². The number of hydrogen-bond acceptors (Lipinski definition) is 2. The number of carbonyl (C=O) groups is 1. The molecule has 0 saturated carbocycles. The topological polar surface area (TPSA) is 26.3 Å². The standard InChI is InChI=1S/C15H22O2/c1-5-7-14(15(16)17-6-2)13-9-8-11(3)10-12(13)4/h8-10,14H,5-7H2,1-4H3. The summed E-state index contributed by atoms with van der Waals surface area (Å²) in [5.41, 5.74) is 3.51. The van der Waals surface area contributed by atoms with E-state index >= 15 is 0 Å². The van der Waals surface area contributed by atoms with Crippen molar-refractivity contribution >= 4 is 5.97 Å². The van der Waals surface area contributed by atoms with E-state index in [9.17, 15) is 4.79 Å². The monoisotopic (exact) mass is 234 g/mol. The first kappa shape index (κ1) is 13.8. The Bertz CT molecular complexity index is 383. The van der Waals surface area contributed by atoms with E-state index in [1.807, 2.05) is 6.92 Å². The van der Waals surface area contributed by atoms with E-state index in [-0.39, 0.29) is 11.9 Å². The fourth-order valence-electron chi connectivity index (χ4n) is 2.15. The molecule has 17 heavy (non-hydrogen) atoms. The summed E-state index contributed by atoms with van der Waals surface area (Å²) in [6, 6.07) is 6.24. The molecule has 1 aromatic rings. The predicted octanol–water partition coefficient (Wildman–Crippen LogP) is 3.75. The lowest BCUT2D eigenvalue weighted by Crippen LogP contribution is -2.17. The Kier molecular flexibility index (Phi) is 5.20. The van der Waals surface area contributed by atoms with Gasteiger partial charge in [0, 0.05) is 0 Å². The van der Waals surface area contributed by atoms with Gasteiger partial charge in [-0.05, 0) is 38.3 Å². The molecule has 2 heteroatoms. The molecular formula is C15H22O2. The van der Waals surface area contributed by atoms with Gasteiger partial charge in [-0.2, -0.15) is 0 Å². The molecule has 0 amide bonds. The van der Waals surface area contributed by atoms with E-state index < -0.39 is 0 Å². The highest BCUT2D eigenvalue weighted by atomic mass is 16.5. The molecule has 94 valence electrons. The molecule has 0 saturated heterocycles. The number of carbonyl (C=O) groups excluding carboxylic acids is 1. The van der Waals surface area contributed by atoms with Crippen LogP contribution in [-0.4, -0.2) is 12.6 Å². The van der Waals surface area contributed by atoms with Gasteiger partial charge < -0.3 is 4.74 Å². The van der Waals surface area contributed by atoms with E-state index in [2.05, 4.69) is 39.0 Å². The maximum Gasteiger partial charge on any atom is 0.313 e. The molecule has 0 fully saturated rings. The highest BCUT2D eigenvalue weighted by molar-refractivity contribution is 5.78. The molecule has 0 heterocycles. The molecule has 1 unspecified atom stereocenters. The highest BCUT2D eigenvalue weighted by Gasteiger charge is 2.22. The average molecular weight is 234 g/mol. The lowest BCUT2D eigenvalue weighted by atomic mass is 9.90. The van der Waals surface area contributed by atoms with E-state index in [1.54, 1.807) is 0 Å². The molecule has 0 N–H and O–H groups in total. The predicted molar refractivity (Wildman–Crippen MR) is 70.2 cm³/mol. The molecule has 2 nitrogen and oxygen atoms in total. The van der Waals surface area contributed by atoms with Crippen molar-refractivity contribution in [1.82, 2.24) is 0 Å². The molecule has 0 spiro atoms. The van der Waals surface area contributed by atoms with Crippen LogP contribution in [0.1, 0.15) is 49.3 Å². The highest BCUT2D eigenvalue weighted by Crippen LogP contribution is 2.26. The minimum Gasteiger partial charge on any atom is -0.466 e. The van der Waals surface area contributed by atoms with Crippen molar-refractivity contribution in [2.24, 2.45) is 0 Å². The SMILES string of the molecule is CCCC(C(=O)OCC)c1ccc(C)cc1C. The van der Waals surface area contributed by atoms with E-state index in [0.717, 1.165) is 18.4 Å². The second-order valence-electron chi connectivity index (χ2n) is 4.45. The molecule has 0 aromatic heterocycles. The van der Waals surface area contributed by atoms with Gasteiger partial charge in [0.2, 0.25) is 0 Å². The van der Waals surface area contributed by atoms with E-state index in [0.29, 0.717) is 6.61 Å². The van der Waals surface area contributed by atoms with Crippen LogP contribution in [-0.2, 0) is 9.53 Å². The number of benzene rings is 1. The van der Waals surface area contributed by atoms with Crippen LogP contribution in [0.25, 0.3) is 0 Å². The van der Waals surface area contributed by atoms with Crippen LogP contribution in [0, 0.1) is 13.8 Å². The summed E-state index contributed by atoms with van der Waals surface area (Å²) in [6.07, 6.45) is 1.83. The Morgan fingerprint density at radius 3 is 2.53 bits per heavy atom. The summed E-state index contributed by atoms with van der Waals surface area (Å²) in [5.74, 6) is -0.207. The van der Waals surface area contributed by atoms with Gasteiger partial charge >= 0.3 is 5.97 Å². The van der Waals surface area contributed by atoms with Gasteiger partial charge in [-0.3, -0.25) is 4.79 Å². The van der Waals surface area contributed by atoms with E-state index in [1.165, 1.54) is 11.1 Å². The first-order valence-corrected chi connectivity index (χ1v) is 6.33. The second-order valence-corrected chi connectivity index (χ2v) is 4.45. The van der Waals surface area contributed by atoms with Crippen LogP contribution in [0.15, 0.2) is 18.2 Å². The molecule has 0 aliphatic carbocycles. The largest absolute Gasteiger partial charge is 0.466 e. The smallest absolute Gasteiger partial charge is 0.313 e.